The molecule has 0 amide bonds. The van der Waals surface area contributed by atoms with Gasteiger partial charge in [0.05, 0.1) is 4.92 Å². The Labute approximate surface area is 116 Å². The molecule has 2 aromatic carbocycles. The largest absolute Gasteiger partial charge is 0.324 e. The molecule has 4 nitrogen and oxygen atoms in total. The van der Waals surface area contributed by atoms with Crippen LogP contribution in [0.4, 0.5) is 10.1 Å². The minimum Gasteiger partial charge on any atom is -0.324 e. The SMILES string of the molecule is Cc1cc(F)cc(C(N)Cc2ccc([N+](=O)[O-])cc2)c1. The van der Waals surface area contributed by atoms with Crippen molar-refractivity contribution in [2.45, 2.75) is 19.4 Å². The number of rotatable bonds is 4. The molecule has 0 fully saturated rings. The number of nitro benzene ring substituents is 1. The molecule has 0 spiro atoms. The average molecular weight is 274 g/mol. The highest BCUT2D eigenvalue weighted by Gasteiger charge is 2.10. The topological polar surface area (TPSA) is 69.2 Å². The van der Waals surface area contributed by atoms with Gasteiger partial charge in [-0.2, -0.15) is 0 Å². The fourth-order valence-corrected chi connectivity index (χ4v) is 2.10. The van der Waals surface area contributed by atoms with Crippen molar-refractivity contribution >= 4 is 5.69 Å². The number of aryl methyl sites for hydroxylation is 1. The van der Waals surface area contributed by atoms with E-state index in [1.807, 2.05) is 13.0 Å². The van der Waals surface area contributed by atoms with Crippen LogP contribution >= 0.6 is 0 Å². The van der Waals surface area contributed by atoms with Crippen LogP contribution in [-0.2, 0) is 6.42 Å². The summed E-state index contributed by atoms with van der Waals surface area (Å²) in [6, 6.07) is 10.6. The number of hydrogen-bond acceptors (Lipinski definition) is 3. The molecule has 5 heteroatoms. The van der Waals surface area contributed by atoms with Crippen LogP contribution in [0.15, 0.2) is 42.5 Å². The van der Waals surface area contributed by atoms with Crippen LogP contribution < -0.4 is 5.73 Å². The zero-order chi connectivity index (χ0) is 14.7. The standard InChI is InChI=1S/C15H15FN2O2/c1-10-6-12(9-13(16)7-10)15(17)8-11-2-4-14(5-3-11)18(19)20/h2-7,9,15H,8,17H2,1H3. The van der Waals surface area contributed by atoms with Gasteiger partial charge < -0.3 is 5.73 Å². The molecular formula is C15H15FN2O2. The quantitative estimate of drug-likeness (QED) is 0.687. The van der Waals surface area contributed by atoms with E-state index >= 15 is 0 Å². The minimum atomic E-state index is -0.445. The van der Waals surface area contributed by atoms with Gasteiger partial charge in [-0.05, 0) is 42.2 Å². The smallest absolute Gasteiger partial charge is 0.269 e. The van der Waals surface area contributed by atoms with Gasteiger partial charge in [0.15, 0.2) is 0 Å². The third-order valence-corrected chi connectivity index (χ3v) is 3.10. The van der Waals surface area contributed by atoms with Crippen LogP contribution in [0, 0.1) is 22.9 Å². The highest BCUT2D eigenvalue weighted by Crippen LogP contribution is 2.20. The fourth-order valence-electron chi connectivity index (χ4n) is 2.10. The normalized spacial score (nSPS) is 12.2. The van der Waals surface area contributed by atoms with Gasteiger partial charge in [0.25, 0.3) is 5.69 Å². The molecule has 0 saturated heterocycles. The summed E-state index contributed by atoms with van der Waals surface area (Å²) in [5.74, 6) is -0.306. The summed E-state index contributed by atoms with van der Waals surface area (Å²) in [4.78, 5) is 10.1. The monoisotopic (exact) mass is 274 g/mol. The molecule has 2 rings (SSSR count). The summed E-state index contributed by atoms with van der Waals surface area (Å²) in [7, 11) is 0. The van der Waals surface area contributed by atoms with Crippen molar-refractivity contribution in [3.63, 3.8) is 0 Å². The summed E-state index contributed by atoms with van der Waals surface area (Å²) in [5, 5.41) is 10.6. The number of nitro groups is 1. The maximum atomic E-state index is 13.3. The molecule has 20 heavy (non-hydrogen) atoms. The van der Waals surface area contributed by atoms with Crippen molar-refractivity contribution in [3.05, 3.63) is 75.1 Å². The summed E-state index contributed by atoms with van der Waals surface area (Å²) >= 11 is 0. The van der Waals surface area contributed by atoms with E-state index in [0.29, 0.717) is 6.42 Å². The van der Waals surface area contributed by atoms with Crippen LogP contribution in [-0.4, -0.2) is 4.92 Å². The Morgan fingerprint density at radius 3 is 2.45 bits per heavy atom. The Kier molecular flexibility index (Phi) is 4.10. The Morgan fingerprint density at radius 2 is 1.90 bits per heavy atom. The summed E-state index contributed by atoms with van der Waals surface area (Å²) in [6.45, 7) is 1.81. The van der Waals surface area contributed by atoms with Crippen molar-refractivity contribution < 1.29 is 9.31 Å². The predicted molar refractivity (Wildman–Crippen MR) is 74.9 cm³/mol. The van der Waals surface area contributed by atoms with E-state index in [-0.39, 0.29) is 17.5 Å². The molecular weight excluding hydrogens is 259 g/mol. The van der Waals surface area contributed by atoms with E-state index in [1.54, 1.807) is 12.1 Å². The lowest BCUT2D eigenvalue weighted by molar-refractivity contribution is -0.384. The lowest BCUT2D eigenvalue weighted by atomic mass is 9.98. The van der Waals surface area contributed by atoms with Gasteiger partial charge in [-0.1, -0.05) is 18.2 Å². The molecule has 0 radical (unpaired) electrons. The lowest BCUT2D eigenvalue weighted by Gasteiger charge is -2.13. The first-order chi connectivity index (χ1) is 9.45. The lowest BCUT2D eigenvalue weighted by Crippen LogP contribution is -2.13. The number of nitrogens with two attached hydrogens (primary N) is 1. The van der Waals surface area contributed by atoms with E-state index in [0.717, 1.165) is 16.7 Å². The molecule has 2 aromatic rings. The van der Waals surface area contributed by atoms with Gasteiger partial charge in [-0.3, -0.25) is 10.1 Å². The summed E-state index contributed by atoms with van der Waals surface area (Å²) in [6.07, 6.45) is 0.501. The van der Waals surface area contributed by atoms with Crippen LogP contribution in [0.5, 0.6) is 0 Å². The summed E-state index contributed by atoms with van der Waals surface area (Å²) < 4.78 is 13.3. The van der Waals surface area contributed by atoms with Crippen LogP contribution in [0.1, 0.15) is 22.7 Å². The van der Waals surface area contributed by atoms with Gasteiger partial charge >= 0.3 is 0 Å². The van der Waals surface area contributed by atoms with Crippen molar-refractivity contribution in [1.82, 2.24) is 0 Å². The first-order valence-electron chi connectivity index (χ1n) is 6.21. The fraction of sp³-hybridized carbons (Fsp3) is 0.200. The number of halogens is 1. The van der Waals surface area contributed by atoms with E-state index in [4.69, 9.17) is 5.73 Å². The van der Waals surface area contributed by atoms with E-state index in [1.165, 1.54) is 24.3 Å². The maximum absolute atomic E-state index is 13.3. The maximum Gasteiger partial charge on any atom is 0.269 e. The molecule has 0 bridgehead atoms. The summed E-state index contributed by atoms with van der Waals surface area (Å²) in [5.41, 5.74) is 8.53. The molecule has 1 unspecified atom stereocenters. The van der Waals surface area contributed by atoms with E-state index in [9.17, 15) is 14.5 Å². The average Bonchev–Trinajstić information content (AvgIpc) is 2.38. The first-order valence-corrected chi connectivity index (χ1v) is 6.21. The second-order valence-corrected chi connectivity index (χ2v) is 4.80. The highest BCUT2D eigenvalue weighted by molar-refractivity contribution is 5.34. The van der Waals surface area contributed by atoms with E-state index < -0.39 is 4.92 Å². The van der Waals surface area contributed by atoms with Gasteiger partial charge in [-0.25, -0.2) is 4.39 Å². The Bertz CT molecular complexity index is 606. The molecule has 0 aliphatic rings. The molecule has 0 aromatic heterocycles. The van der Waals surface area contributed by atoms with Crippen molar-refractivity contribution in [3.8, 4) is 0 Å². The van der Waals surface area contributed by atoms with Crippen molar-refractivity contribution in [2.75, 3.05) is 0 Å². The van der Waals surface area contributed by atoms with Gasteiger partial charge in [0.2, 0.25) is 0 Å². The Morgan fingerprint density at radius 1 is 1.25 bits per heavy atom. The first kappa shape index (κ1) is 14.1. The predicted octanol–water partition coefficient (Wildman–Crippen LogP) is 3.28. The van der Waals surface area contributed by atoms with Crippen LogP contribution in [0.25, 0.3) is 0 Å². The Balaban J connectivity index is 2.14. The second kappa shape index (κ2) is 5.79. The van der Waals surface area contributed by atoms with E-state index in [2.05, 4.69) is 0 Å². The molecule has 104 valence electrons. The number of nitrogens with zero attached hydrogens (tertiary/aromatic N) is 1. The molecule has 0 saturated carbocycles. The number of hydrogen-bond donors (Lipinski definition) is 1. The zero-order valence-corrected chi connectivity index (χ0v) is 11.0. The molecule has 0 aliphatic carbocycles. The van der Waals surface area contributed by atoms with Gasteiger partial charge in [0, 0.05) is 18.2 Å². The third kappa shape index (κ3) is 3.39. The molecule has 2 N–H and O–H groups in total. The van der Waals surface area contributed by atoms with Gasteiger partial charge in [-0.15, -0.1) is 0 Å². The van der Waals surface area contributed by atoms with Crippen molar-refractivity contribution in [1.29, 1.82) is 0 Å². The molecule has 0 aliphatic heterocycles. The van der Waals surface area contributed by atoms with Crippen molar-refractivity contribution in [2.24, 2.45) is 5.73 Å². The third-order valence-electron chi connectivity index (χ3n) is 3.10. The van der Waals surface area contributed by atoms with Crippen LogP contribution in [0.3, 0.4) is 0 Å². The van der Waals surface area contributed by atoms with Gasteiger partial charge in [0.1, 0.15) is 5.82 Å². The molecule has 1 atom stereocenters. The minimum absolute atomic E-state index is 0.0453. The Hall–Kier alpha value is -2.27. The second-order valence-electron chi connectivity index (χ2n) is 4.80. The molecule has 0 heterocycles. The zero-order valence-electron chi connectivity index (χ0n) is 11.0. The highest BCUT2D eigenvalue weighted by atomic mass is 19.1. The van der Waals surface area contributed by atoms with Crippen LogP contribution in [0.2, 0.25) is 0 Å². The number of non-ortho nitro benzene ring substituents is 1. The number of benzene rings is 2.